The van der Waals surface area contributed by atoms with E-state index in [9.17, 15) is 9.59 Å². The number of rotatable bonds is 20. The van der Waals surface area contributed by atoms with E-state index in [1.165, 1.54) is 99.4 Å². The first-order valence-corrected chi connectivity index (χ1v) is 20.3. The first kappa shape index (κ1) is 34.5. The van der Waals surface area contributed by atoms with Crippen molar-refractivity contribution in [2.75, 3.05) is 36.2 Å². The molecule has 2 unspecified atom stereocenters. The van der Waals surface area contributed by atoms with E-state index >= 15 is 0 Å². The summed E-state index contributed by atoms with van der Waals surface area (Å²) < 4.78 is 11.4. The molecule has 10 heteroatoms. The zero-order valence-electron chi connectivity index (χ0n) is 23.4. The molecular weight excluding hydrogens is 617 g/mol. The summed E-state index contributed by atoms with van der Waals surface area (Å²) in [7, 11) is 0. The summed E-state index contributed by atoms with van der Waals surface area (Å²) in [5, 5.41) is 4.29. The highest BCUT2D eigenvalue weighted by molar-refractivity contribution is 8.23. The lowest BCUT2D eigenvalue weighted by atomic mass is 9.84. The normalized spacial score (nSPS) is 24.3. The summed E-state index contributed by atoms with van der Waals surface area (Å²) in [5.41, 5.74) is 0. The van der Waals surface area contributed by atoms with Crippen molar-refractivity contribution < 1.29 is 19.1 Å². The fourth-order valence-corrected chi connectivity index (χ4v) is 12.3. The summed E-state index contributed by atoms with van der Waals surface area (Å²) >= 11 is 11.8. The van der Waals surface area contributed by atoms with Gasteiger partial charge in [0, 0.05) is 22.0 Å². The summed E-state index contributed by atoms with van der Waals surface area (Å²) in [6, 6.07) is 0. The van der Waals surface area contributed by atoms with E-state index in [-0.39, 0.29) is 11.9 Å². The van der Waals surface area contributed by atoms with Crippen molar-refractivity contribution in [2.45, 2.75) is 73.4 Å². The van der Waals surface area contributed by atoms with E-state index in [1.54, 1.807) is 0 Å². The fourth-order valence-electron chi connectivity index (χ4n) is 4.64. The summed E-state index contributed by atoms with van der Waals surface area (Å²) in [6.07, 6.45) is 15.7. The van der Waals surface area contributed by atoms with Gasteiger partial charge in [-0.05, 0) is 97.0 Å². The molecule has 1 fully saturated rings. The Hall–Kier alpha value is -0.000000000000000222. The van der Waals surface area contributed by atoms with Crippen LogP contribution < -0.4 is 0 Å². The van der Waals surface area contributed by atoms with Crippen LogP contribution in [-0.2, 0) is 19.1 Å². The van der Waals surface area contributed by atoms with Crippen LogP contribution in [-0.4, -0.2) is 57.3 Å². The zero-order chi connectivity index (χ0) is 28.4. The first-order chi connectivity index (χ1) is 19.6. The third kappa shape index (κ3) is 14.5. The van der Waals surface area contributed by atoms with Crippen molar-refractivity contribution in [2.24, 2.45) is 11.8 Å². The molecule has 1 aliphatic carbocycles. The highest BCUT2D eigenvalue weighted by Crippen LogP contribution is 2.43. The largest absolute Gasteiger partial charge is 0.457 e. The number of esters is 2. The second-order valence-electron chi connectivity index (χ2n) is 10.2. The van der Waals surface area contributed by atoms with E-state index in [0.717, 1.165) is 21.6 Å². The van der Waals surface area contributed by atoms with Gasteiger partial charge in [0.2, 0.25) is 0 Å². The number of hydrogen-bond donors (Lipinski definition) is 0. The Morgan fingerprint density at radius 3 is 1.57 bits per heavy atom. The van der Waals surface area contributed by atoms with Crippen LogP contribution in [0.15, 0.2) is 45.9 Å². The molecule has 2 aliphatic heterocycles. The Kier molecular flexibility index (Phi) is 18.0. The molecule has 2 atom stereocenters. The summed E-state index contributed by atoms with van der Waals surface area (Å²) in [6.45, 7) is 7.64. The van der Waals surface area contributed by atoms with E-state index in [4.69, 9.17) is 9.47 Å². The standard InChI is InChI=1S/C30H44O4S6/c1-3-27(31)33-17-25-21-37-29(39-25)9-5-7-15-35-19-23-11-13-24(14-12-23)20-36-16-8-6-10-30-38-22-26(40-30)18-34-28(32)4-2/h3-4,21-24,29-30H,1-2,5-20H2. The molecule has 3 rings (SSSR count). The maximum atomic E-state index is 11.2. The topological polar surface area (TPSA) is 52.6 Å². The molecule has 0 saturated heterocycles. The van der Waals surface area contributed by atoms with E-state index < -0.39 is 0 Å². The average Bonchev–Trinajstić information content (AvgIpc) is 3.64. The van der Waals surface area contributed by atoms with Gasteiger partial charge in [-0.3, -0.25) is 0 Å². The van der Waals surface area contributed by atoms with Gasteiger partial charge in [-0.1, -0.05) is 26.0 Å². The molecule has 0 aromatic carbocycles. The minimum atomic E-state index is -0.347. The van der Waals surface area contributed by atoms with Crippen LogP contribution >= 0.6 is 70.6 Å². The van der Waals surface area contributed by atoms with Crippen molar-refractivity contribution in [1.29, 1.82) is 0 Å². The van der Waals surface area contributed by atoms with Gasteiger partial charge in [0.1, 0.15) is 13.2 Å². The van der Waals surface area contributed by atoms with Gasteiger partial charge < -0.3 is 9.47 Å². The lowest BCUT2D eigenvalue weighted by molar-refractivity contribution is -0.137. The molecule has 3 aliphatic rings. The van der Waals surface area contributed by atoms with Crippen LogP contribution in [0.25, 0.3) is 0 Å². The SMILES string of the molecule is C=CC(=O)OCC1=CSC(CCCCSCC2CCC(CSCCCCC3SC=C(COC(=O)C=C)S3)CC2)S1. The van der Waals surface area contributed by atoms with Crippen LogP contribution in [0.3, 0.4) is 0 Å². The number of unbranched alkanes of at least 4 members (excludes halogenated alkanes) is 2. The number of carbonyl (C=O) groups is 2. The average molecular weight is 661 g/mol. The Morgan fingerprint density at radius 2 is 1.18 bits per heavy atom. The van der Waals surface area contributed by atoms with Crippen molar-refractivity contribution in [3.63, 3.8) is 0 Å². The minimum Gasteiger partial charge on any atom is -0.457 e. The molecule has 1 saturated carbocycles. The van der Waals surface area contributed by atoms with Gasteiger partial charge >= 0.3 is 11.9 Å². The number of ether oxygens (including phenoxy) is 2. The zero-order valence-corrected chi connectivity index (χ0v) is 28.3. The van der Waals surface area contributed by atoms with Crippen molar-refractivity contribution >= 4 is 82.5 Å². The van der Waals surface area contributed by atoms with Gasteiger partial charge in [0.15, 0.2) is 0 Å². The molecular formula is C30H44O4S6. The first-order valence-electron chi connectivity index (χ1n) is 14.3. The Labute approximate surface area is 267 Å². The molecule has 2 heterocycles. The molecule has 4 nitrogen and oxygen atoms in total. The predicted octanol–water partition coefficient (Wildman–Crippen LogP) is 9.35. The Bertz CT molecular complexity index is 798. The maximum Gasteiger partial charge on any atom is 0.330 e. The highest BCUT2D eigenvalue weighted by Gasteiger charge is 2.22. The van der Waals surface area contributed by atoms with E-state index in [0.29, 0.717) is 22.4 Å². The molecule has 40 heavy (non-hydrogen) atoms. The van der Waals surface area contributed by atoms with Gasteiger partial charge in [0.25, 0.3) is 0 Å². The maximum absolute atomic E-state index is 11.2. The van der Waals surface area contributed by atoms with E-state index in [1.807, 2.05) is 47.0 Å². The van der Waals surface area contributed by atoms with Gasteiger partial charge in [-0.25, -0.2) is 9.59 Å². The number of carbonyl (C=O) groups excluding carboxylic acids is 2. The molecule has 0 spiro atoms. The predicted molar refractivity (Wildman–Crippen MR) is 184 cm³/mol. The number of hydrogen-bond acceptors (Lipinski definition) is 10. The third-order valence-corrected chi connectivity index (χ3v) is 15.1. The second-order valence-corrected chi connectivity index (χ2v) is 17.9. The smallest absolute Gasteiger partial charge is 0.330 e. The summed E-state index contributed by atoms with van der Waals surface area (Å²) in [5.74, 6) is 6.42. The van der Waals surface area contributed by atoms with Crippen LogP contribution in [0.2, 0.25) is 0 Å². The lowest BCUT2D eigenvalue weighted by Gasteiger charge is -2.28. The quantitative estimate of drug-likeness (QED) is 0.0717. The monoisotopic (exact) mass is 660 g/mol. The summed E-state index contributed by atoms with van der Waals surface area (Å²) in [4.78, 5) is 24.7. The molecule has 0 aromatic heterocycles. The highest BCUT2D eigenvalue weighted by atomic mass is 32.2. The fraction of sp³-hybridized carbons (Fsp3) is 0.667. The van der Waals surface area contributed by atoms with Crippen LogP contribution in [0.1, 0.15) is 64.2 Å². The molecule has 0 amide bonds. The minimum absolute atomic E-state index is 0.347. The number of thioether (sulfide) groups is 6. The van der Waals surface area contributed by atoms with Crippen LogP contribution in [0.4, 0.5) is 0 Å². The van der Waals surface area contributed by atoms with E-state index in [2.05, 4.69) is 47.5 Å². The van der Waals surface area contributed by atoms with Crippen molar-refractivity contribution in [3.8, 4) is 0 Å². The second kappa shape index (κ2) is 20.8. The molecule has 0 radical (unpaired) electrons. The molecule has 0 aromatic rings. The van der Waals surface area contributed by atoms with Gasteiger partial charge in [0.05, 0.1) is 9.16 Å². The molecule has 0 N–H and O–H groups in total. The molecule has 0 bridgehead atoms. The van der Waals surface area contributed by atoms with Crippen LogP contribution in [0.5, 0.6) is 0 Å². The lowest BCUT2D eigenvalue weighted by Crippen LogP contribution is -2.18. The third-order valence-electron chi connectivity index (χ3n) is 6.95. The van der Waals surface area contributed by atoms with Crippen molar-refractivity contribution in [1.82, 2.24) is 0 Å². The Balaban J connectivity index is 1.08. The van der Waals surface area contributed by atoms with Gasteiger partial charge in [-0.15, -0.1) is 47.0 Å². The molecule has 224 valence electrons. The van der Waals surface area contributed by atoms with Crippen molar-refractivity contribution in [3.05, 3.63) is 45.9 Å². The van der Waals surface area contributed by atoms with Crippen LogP contribution in [0, 0.1) is 11.8 Å². The Morgan fingerprint density at radius 1 is 0.750 bits per heavy atom. The van der Waals surface area contributed by atoms with Gasteiger partial charge in [-0.2, -0.15) is 23.5 Å².